The highest BCUT2D eigenvalue weighted by Crippen LogP contribution is 2.32. The molecule has 20 heavy (non-hydrogen) atoms. The molecule has 4 atom stereocenters. The predicted octanol–water partition coefficient (Wildman–Crippen LogP) is 1.09. The fourth-order valence-electron chi connectivity index (χ4n) is 2.57. The van der Waals surface area contributed by atoms with Gasteiger partial charge in [0.1, 0.15) is 12.6 Å². The Morgan fingerprint density at radius 3 is 2.55 bits per heavy atom. The number of hydrogen-bond donors (Lipinski definition) is 3. The van der Waals surface area contributed by atoms with Crippen LogP contribution in [0.3, 0.4) is 0 Å². The van der Waals surface area contributed by atoms with E-state index in [0.717, 1.165) is 0 Å². The number of likely N-dealkylation sites (tertiary alicyclic amines) is 1. The van der Waals surface area contributed by atoms with Crippen molar-refractivity contribution in [2.75, 3.05) is 19.3 Å². The number of rotatable bonds is 3. The Hall–Kier alpha value is -1.28. The van der Waals surface area contributed by atoms with Crippen molar-refractivity contribution in [2.24, 2.45) is 5.92 Å². The van der Waals surface area contributed by atoms with Crippen LogP contribution in [0, 0.1) is 5.92 Å². The molecule has 1 fully saturated rings. The monoisotopic (exact) mass is 305 g/mol. The molecular weight excluding hydrogens is 284 g/mol. The van der Waals surface area contributed by atoms with Crippen molar-refractivity contribution in [3.8, 4) is 0 Å². The first-order valence-corrected chi connectivity index (χ1v) is 7.07. The van der Waals surface area contributed by atoms with E-state index in [4.69, 9.17) is 4.74 Å². The zero-order chi connectivity index (χ0) is 15.5. The molecular formula is C12H21N2O5S+. The van der Waals surface area contributed by atoms with E-state index in [1.54, 1.807) is 13.8 Å². The van der Waals surface area contributed by atoms with Crippen molar-refractivity contribution in [3.63, 3.8) is 0 Å². The van der Waals surface area contributed by atoms with Crippen molar-refractivity contribution in [2.45, 2.75) is 32.4 Å². The second kappa shape index (κ2) is 6.45. The van der Waals surface area contributed by atoms with Crippen LogP contribution in [0.25, 0.3) is 0 Å². The van der Waals surface area contributed by atoms with Crippen molar-refractivity contribution in [1.82, 2.24) is 5.32 Å². The molecule has 7 nitrogen and oxygen atoms in total. The first kappa shape index (κ1) is 16.8. The Kier molecular flexibility index (Phi) is 5.41. The summed E-state index contributed by atoms with van der Waals surface area (Å²) in [6.07, 6.45) is -2.08. The maximum absolute atomic E-state index is 12.4. The van der Waals surface area contributed by atoms with Crippen LogP contribution in [0.1, 0.15) is 20.3 Å². The third-order valence-corrected chi connectivity index (χ3v) is 4.30. The number of alkyl carbamates (subject to hydrolysis) is 1. The average Bonchev–Trinajstić information content (AvgIpc) is 2.74. The van der Waals surface area contributed by atoms with E-state index in [1.165, 1.54) is 7.05 Å². The van der Waals surface area contributed by atoms with Crippen LogP contribution < -0.4 is 5.32 Å². The number of hydrogen-bond acceptors (Lipinski definition) is 5. The molecule has 0 radical (unpaired) electrons. The molecule has 1 heterocycles. The van der Waals surface area contributed by atoms with E-state index in [1.807, 2.05) is 0 Å². The van der Waals surface area contributed by atoms with Crippen molar-refractivity contribution in [3.05, 3.63) is 0 Å². The number of imide groups is 1. The van der Waals surface area contributed by atoms with Crippen LogP contribution in [0.15, 0.2) is 0 Å². The van der Waals surface area contributed by atoms with Gasteiger partial charge in [-0.25, -0.2) is 9.59 Å². The topological polar surface area (TPSA) is 92.7 Å². The molecule has 1 aliphatic rings. The average molecular weight is 305 g/mol. The molecule has 8 heteroatoms. The van der Waals surface area contributed by atoms with Crippen LogP contribution in [0.4, 0.5) is 9.59 Å². The minimum Gasteiger partial charge on any atom is -0.440 e. The van der Waals surface area contributed by atoms with Gasteiger partial charge >= 0.3 is 18.1 Å². The predicted molar refractivity (Wildman–Crippen MR) is 74.6 cm³/mol. The summed E-state index contributed by atoms with van der Waals surface area (Å²) in [6, 6.07) is -0.447. The number of carbonyl (C=O) groups excluding carboxylic acids is 2. The van der Waals surface area contributed by atoms with Crippen LogP contribution in [0.2, 0.25) is 0 Å². The molecule has 0 spiro atoms. The molecule has 0 aliphatic carbocycles. The van der Waals surface area contributed by atoms with Gasteiger partial charge in [0.15, 0.2) is 6.10 Å². The molecule has 0 aromatic rings. The molecule has 0 aromatic carbocycles. The van der Waals surface area contributed by atoms with Crippen molar-refractivity contribution < 1.29 is 28.7 Å². The minimum atomic E-state index is -1.21. The fourth-order valence-corrected chi connectivity index (χ4v) is 2.73. The fraction of sp³-hybridized carbons (Fsp3) is 0.750. The lowest BCUT2D eigenvalue weighted by Crippen LogP contribution is -2.61. The number of quaternary nitrogens is 1. The Labute approximate surface area is 123 Å². The highest BCUT2D eigenvalue weighted by atomic mass is 32.1. The Morgan fingerprint density at radius 1 is 1.50 bits per heavy atom. The number of carboxylic acid groups (broad SMARTS) is 1. The van der Waals surface area contributed by atoms with E-state index in [-0.39, 0.29) is 12.3 Å². The largest absolute Gasteiger partial charge is 0.521 e. The third kappa shape index (κ3) is 2.90. The van der Waals surface area contributed by atoms with E-state index < -0.39 is 40.6 Å². The van der Waals surface area contributed by atoms with Crippen LogP contribution in [0.5, 0.6) is 0 Å². The molecule has 2 N–H and O–H groups in total. The summed E-state index contributed by atoms with van der Waals surface area (Å²) in [5.74, 6) is -0.599. The summed E-state index contributed by atoms with van der Waals surface area (Å²) in [4.78, 5) is 35.3. The Balaban J connectivity index is 3.00. The smallest absolute Gasteiger partial charge is 0.440 e. The van der Waals surface area contributed by atoms with Gasteiger partial charge in [-0.1, -0.05) is 0 Å². The third-order valence-electron chi connectivity index (χ3n) is 3.76. The second-order valence-corrected chi connectivity index (χ2v) is 5.48. The van der Waals surface area contributed by atoms with E-state index >= 15 is 0 Å². The van der Waals surface area contributed by atoms with Gasteiger partial charge < -0.3 is 15.2 Å². The second-order valence-electron chi connectivity index (χ2n) is 5.12. The minimum absolute atomic E-state index is 0.0408. The molecule has 1 unspecified atom stereocenters. The Morgan fingerprint density at radius 2 is 2.10 bits per heavy atom. The van der Waals surface area contributed by atoms with Gasteiger partial charge in [-0.3, -0.25) is 0 Å². The molecule has 1 saturated heterocycles. The molecule has 0 aromatic heterocycles. The molecule has 3 amide bonds. The summed E-state index contributed by atoms with van der Waals surface area (Å²) in [7, 11) is 1.42. The summed E-state index contributed by atoms with van der Waals surface area (Å²) >= 11 is 4.06. The number of carbonyl (C=O) groups is 3. The van der Waals surface area contributed by atoms with Gasteiger partial charge in [-0.05, 0) is 13.8 Å². The maximum atomic E-state index is 12.4. The lowest BCUT2D eigenvalue weighted by molar-refractivity contribution is -0.795. The van der Waals surface area contributed by atoms with Crippen molar-refractivity contribution in [1.29, 1.82) is 0 Å². The zero-order valence-corrected chi connectivity index (χ0v) is 12.7. The van der Waals surface area contributed by atoms with Crippen molar-refractivity contribution >= 4 is 30.7 Å². The molecule has 1 rings (SSSR count). The van der Waals surface area contributed by atoms with E-state index in [9.17, 15) is 19.5 Å². The number of nitrogens with zero attached hydrogens (tertiary/aromatic N) is 1. The highest BCUT2D eigenvalue weighted by molar-refractivity contribution is 7.80. The summed E-state index contributed by atoms with van der Waals surface area (Å²) in [6.45, 7) is 3.29. The summed E-state index contributed by atoms with van der Waals surface area (Å²) in [5.41, 5.74) is 0. The summed E-state index contributed by atoms with van der Waals surface area (Å²) in [5, 5.41) is 11.8. The van der Waals surface area contributed by atoms with Gasteiger partial charge in [0.05, 0.1) is 5.92 Å². The lowest BCUT2D eigenvalue weighted by atomic mass is 10.1. The quantitative estimate of drug-likeness (QED) is 0.536. The number of amides is 3. The number of nitrogens with one attached hydrogen (secondary N) is 1. The molecule has 0 bridgehead atoms. The molecule has 1 aliphatic heterocycles. The van der Waals surface area contributed by atoms with Crippen LogP contribution >= 0.6 is 12.6 Å². The maximum Gasteiger partial charge on any atom is 0.521 e. The first-order valence-electron chi connectivity index (χ1n) is 6.44. The summed E-state index contributed by atoms with van der Waals surface area (Å²) < 4.78 is 4.39. The highest BCUT2D eigenvalue weighted by Gasteiger charge is 2.58. The van der Waals surface area contributed by atoms with Gasteiger partial charge in [-0.2, -0.15) is 21.9 Å². The SMILES string of the molecule is CNC(=O)O[C@@H]1C[C@@H](C)[N@@+](C(=O)O)(C(=O)C(C)CS)C1. The van der Waals surface area contributed by atoms with Crippen LogP contribution in [-0.2, 0) is 9.53 Å². The van der Waals surface area contributed by atoms with Gasteiger partial charge in [0, 0.05) is 19.2 Å². The number of ether oxygens (including phenoxy) is 1. The standard InChI is InChI=1S/C12H20N2O5S/c1-7(6-20)10(15)14(12(17)18)5-9(4-8(14)2)19-11(16)13-3/h7-9H,4-6H2,1-3H3,(H2-,13,16,17,18,20)/p+1/t7?,8-,9-,14-/m1/s1. The van der Waals surface area contributed by atoms with Crippen LogP contribution in [-0.4, -0.2) is 59.2 Å². The Bertz CT molecular complexity index is 417. The molecule has 114 valence electrons. The number of thiol groups is 1. The lowest BCUT2D eigenvalue weighted by Gasteiger charge is -2.31. The first-order chi connectivity index (χ1) is 9.29. The van der Waals surface area contributed by atoms with Gasteiger partial charge in [0.25, 0.3) is 0 Å². The van der Waals surface area contributed by atoms with Gasteiger partial charge in [-0.15, -0.1) is 0 Å². The van der Waals surface area contributed by atoms with Gasteiger partial charge in [0.2, 0.25) is 0 Å². The van der Waals surface area contributed by atoms with E-state index in [2.05, 4.69) is 17.9 Å². The van der Waals surface area contributed by atoms with E-state index in [0.29, 0.717) is 6.42 Å². The molecule has 0 saturated carbocycles. The normalized spacial score (nSPS) is 30.6. The zero-order valence-electron chi connectivity index (χ0n) is 11.8.